The molecule has 0 aliphatic rings. The lowest BCUT2D eigenvalue weighted by atomic mass is 10.7. The standard InChI is InChI=1S/C6H13NS/c1-4-7(2)5-6-8-3/h5-6H,4H2,1-3H3. The van der Waals surface area contributed by atoms with Gasteiger partial charge in [0.1, 0.15) is 0 Å². The fraction of sp³-hybridized carbons (Fsp3) is 0.667. The van der Waals surface area contributed by atoms with Crippen molar-refractivity contribution in [2.45, 2.75) is 6.92 Å². The van der Waals surface area contributed by atoms with Crippen molar-refractivity contribution in [3.05, 3.63) is 11.6 Å². The minimum Gasteiger partial charge on any atom is -0.380 e. The van der Waals surface area contributed by atoms with Crippen LogP contribution in [0.15, 0.2) is 11.6 Å². The maximum absolute atomic E-state index is 2.14. The van der Waals surface area contributed by atoms with E-state index in [-0.39, 0.29) is 0 Å². The molecule has 0 saturated carbocycles. The highest BCUT2D eigenvalue weighted by molar-refractivity contribution is 8.01. The normalized spacial score (nSPS) is 10.4. The van der Waals surface area contributed by atoms with E-state index in [0.29, 0.717) is 0 Å². The van der Waals surface area contributed by atoms with Crippen LogP contribution in [0.3, 0.4) is 0 Å². The van der Waals surface area contributed by atoms with Gasteiger partial charge in [0.2, 0.25) is 0 Å². The molecule has 2 heteroatoms. The Hall–Kier alpha value is -0.110. The Balaban J connectivity index is 3.21. The van der Waals surface area contributed by atoms with Gasteiger partial charge < -0.3 is 4.90 Å². The molecule has 0 aromatic rings. The Bertz CT molecular complexity index is 70.9. The minimum absolute atomic E-state index is 1.08. The summed E-state index contributed by atoms with van der Waals surface area (Å²) in [7, 11) is 2.06. The SMILES string of the molecule is CCN(C)C=CSC. The highest BCUT2D eigenvalue weighted by Gasteiger charge is 1.78. The molecular weight excluding hydrogens is 118 g/mol. The third kappa shape index (κ3) is 4.06. The molecule has 0 N–H and O–H groups in total. The second-order valence-corrected chi connectivity index (χ2v) is 2.34. The summed E-state index contributed by atoms with van der Waals surface area (Å²) in [6, 6.07) is 0. The van der Waals surface area contributed by atoms with Crippen molar-refractivity contribution in [2.75, 3.05) is 19.8 Å². The molecule has 0 bridgehead atoms. The van der Waals surface area contributed by atoms with Crippen LogP contribution in [0.5, 0.6) is 0 Å². The smallest absolute Gasteiger partial charge is 0.0141 e. The Morgan fingerprint density at radius 1 is 1.62 bits per heavy atom. The number of rotatable bonds is 3. The first kappa shape index (κ1) is 7.89. The number of hydrogen-bond donors (Lipinski definition) is 0. The monoisotopic (exact) mass is 131 g/mol. The van der Waals surface area contributed by atoms with Gasteiger partial charge >= 0.3 is 0 Å². The number of nitrogens with zero attached hydrogens (tertiary/aromatic N) is 1. The van der Waals surface area contributed by atoms with Gasteiger partial charge in [-0.1, -0.05) is 0 Å². The second kappa shape index (κ2) is 5.04. The summed E-state index contributed by atoms with van der Waals surface area (Å²) in [5.41, 5.74) is 0. The van der Waals surface area contributed by atoms with Gasteiger partial charge in [-0.15, -0.1) is 11.8 Å². The van der Waals surface area contributed by atoms with Gasteiger partial charge in [-0.05, 0) is 18.6 Å². The zero-order chi connectivity index (χ0) is 6.41. The lowest BCUT2D eigenvalue weighted by Crippen LogP contribution is -2.07. The van der Waals surface area contributed by atoms with E-state index in [1.807, 2.05) is 0 Å². The highest BCUT2D eigenvalue weighted by Crippen LogP contribution is 1.94. The van der Waals surface area contributed by atoms with Gasteiger partial charge in [-0.3, -0.25) is 0 Å². The summed E-state index contributed by atoms with van der Waals surface area (Å²) in [6.07, 6.45) is 4.13. The average Bonchev–Trinajstić information content (AvgIpc) is 1.83. The number of thioether (sulfide) groups is 1. The minimum atomic E-state index is 1.08. The molecule has 0 aliphatic heterocycles. The predicted molar refractivity (Wildman–Crippen MR) is 41.0 cm³/mol. The van der Waals surface area contributed by atoms with Crippen LogP contribution in [-0.2, 0) is 0 Å². The third-order valence-electron chi connectivity index (χ3n) is 0.950. The average molecular weight is 131 g/mol. The summed E-state index contributed by atoms with van der Waals surface area (Å²) >= 11 is 1.72. The van der Waals surface area contributed by atoms with Crippen LogP contribution >= 0.6 is 11.8 Å². The van der Waals surface area contributed by atoms with E-state index in [2.05, 4.69) is 36.7 Å². The maximum atomic E-state index is 2.14. The summed E-state index contributed by atoms with van der Waals surface area (Å²) in [5.74, 6) is 0. The largest absolute Gasteiger partial charge is 0.380 e. The Morgan fingerprint density at radius 2 is 2.25 bits per heavy atom. The van der Waals surface area contributed by atoms with Crippen LogP contribution in [0.2, 0.25) is 0 Å². The molecule has 0 unspecified atom stereocenters. The Morgan fingerprint density at radius 3 is 2.62 bits per heavy atom. The first-order valence-corrected chi connectivity index (χ1v) is 3.99. The molecular formula is C6H13NS. The van der Waals surface area contributed by atoms with Crippen molar-refractivity contribution in [1.29, 1.82) is 0 Å². The molecule has 0 aromatic heterocycles. The first-order chi connectivity index (χ1) is 3.81. The zero-order valence-electron chi connectivity index (χ0n) is 5.72. The van der Waals surface area contributed by atoms with Crippen LogP contribution in [0.4, 0.5) is 0 Å². The van der Waals surface area contributed by atoms with Crippen molar-refractivity contribution < 1.29 is 0 Å². The van der Waals surface area contributed by atoms with Gasteiger partial charge in [0.25, 0.3) is 0 Å². The molecule has 0 radical (unpaired) electrons. The summed E-state index contributed by atoms with van der Waals surface area (Å²) < 4.78 is 0. The molecule has 0 saturated heterocycles. The fourth-order valence-electron chi connectivity index (χ4n) is 0.270. The third-order valence-corrected chi connectivity index (χ3v) is 1.34. The van der Waals surface area contributed by atoms with Crippen molar-refractivity contribution in [3.63, 3.8) is 0 Å². The molecule has 0 fully saturated rings. The Labute approximate surface area is 55.8 Å². The molecule has 0 heterocycles. The molecule has 0 aliphatic carbocycles. The zero-order valence-corrected chi connectivity index (χ0v) is 6.53. The molecule has 0 aromatic carbocycles. The van der Waals surface area contributed by atoms with Crippen LogP contribution in [-0.4, -0.2) is 24.7 Å². The van der Waals surface area contributed by atoms with E-state index in [4.69, 9.17) is 0 Å². The maximum Gasteiger partial charge on any atom is 0.0141 e. The van der Waals surface area contributed by atoms with Gasteiger partial charge in [0.05, 0.1) is 0 Å². The van der Waals surface area contributed by atoms with Crippen molar-refractivity contribution in [2.24, 2.45) is 0 Å². The van der Waals surface area contributed by atoms with Crippen molar-refractivity contribution in [3.8, 4) is 0 Å². The molecule has 0 atom stereocenters. The molecule has 8 heavy (non-hydrogen) atoms. The predicted octanol–water partition coefficient (Wildman–Crippen LogP) is 1.77. The molecule has 48 valence electrons. The topological polar surface area (TPSA) is 3.24 Å². The van der Waals surface area contributed by atoms with Crippen LogP contribution in [0.25, 0.3) is 0 Å². The molecule has 0 spiro atoms. The van der Waals surface area contributed by atoms with Crippen molar-refractivity contribution >= 4 is 11.8 Å². The Kier molecular flexibility index (Phi) is 4.97. The van der Waals surface area contributed by atoms with E-state index in [1.54, 1.807) is 11.8 Å². The van der Waals surface area contributed by atoms with E-state index in [0.717, 1.165) is 6.54 Å². The lowest BCUT2D eigenvalue weighted by Gasteiger charge is -2.07. The van der Waals surface area contributed by atoms with Crippen LogP contribution in [0, 0.1) is 0 Å². The quantitative estimate of drug-likeness (QED) is 0.574. The molecule has 0 amide bonds. The second-order valence-electron chi connectivity index (χ2n) is 1.59. The van der Waals surface area contributed by atoms with Gasteiger partial charge in [0, 0.05) is 19.8 Å². The molecule has 1 nitrogen and oxygen atoms in total. The molecule has 0 rings (SSSR count). The van der Waals surface area contributed by atoms with Crippen LogP contribution in [0.1, 0.15) is 6.92 Å². The van der Waals surface area contributed by atoms with Crippen LogP contribution < -0.4 is 0 Å². The van der Waals surface area contributed by atoms with E-state index >= 15 is 0 Å². The van der Waals surface area contributed by atoms with E-state index in [9.17, 15) is 0 Å². The summed E-state index contributed by atoms with van der Waals surface area (Å²) in [4.78, 5) is 2.14. The summed E-state index contributed by atoms with van der Waals surface area (Å²) in [5, 5.41) is 2.07. The highest BCUT2D eigenvalue weighted by atomic mass is 32.2. The van der Waals surface area contributed by atoms with Crippen molar-refractivity contribution in [1.82, 2.24) is 4.90 Å². The summed E-state index contributed by atoms with van der Waals surface area (Å²) in [6.45, 7) is 3.21. The first-order valence-electron chi connectivity index (χ1n) is 2.71. The lowest BCUT2D eigenvalue weighted by molar-refractivity contribution is 0.485. The van der Waals surface area contributed by atoms with Gasteiger partial charge in [0.15, 0.2) is 0 Å². The van der Waals surface area contributed by atoms with Gasteiger partial charge in [-0.25, -0.2) is 0 Å². The fourth-order valence-corrected chi connectivity index (χ4v) is 0.600. The number of hydrogen-bond acceptors (Lipinski definition) is 2. The van der Waals surface area contributed by atoms with Gasteiger partial charge in [-0.2, -0.15) is 0 Å². The van der Waals surface area contributed by atoms with E-state index in [1.165, 1.54) is 0 Å². The van der Waals surface area contributed by atoms with E-state index < -0.39 is 0 Å².